The third-order valence-electron chi connectivity index (χ3n) is 3.83. The van der Waals surface area contributed by atoms with Gasteiger partial charge in [0.25, 0.3) is 0 Å². The summed E-state index contributed by atoms with van der Waals surface area (Å²) in [5.41, 5.74) is 0. The third kappa shape index (κ3) is 4.38. The van der Waals surface area contributed by atoms with Crippen LogP contribution in [-0.4, -0.2) is 34.7 Å². The molecule has 5 heteroatoms. The molecule has 0 atom stereocenters. The van der Waals surface area contributed by atoms with Gasteiger partial charge >= 0.3 is 0 Å². The standard InChI is InChI=1S/C16H23N3OS/c1-2-9-19(12-13-7-8-13)10-3-6-15-17-16(18-20-15)14-5-4-11-21-14/h4-5,11,13H,2-3,6-10,12H2,1H3. The van der Waals surface area contributed by atoms with Crippen LogP contribution in [0.15, 0.2) is 22.0 Å². The number of nitrogens with zero attached hydrogens (tertiary/aromatic N) is 3. The normalized spacial score (nSPS) is 15.0. The largest absolute Gasteiger partial charge is 0.339 e. The lowest BCUT2D eigenvalue weighted by Gasteiger charge is -2.20. The molecular formula is C16H23N3OS. The van der Waals surface area contributed by atoms with Crippen molar-refractivity contribution in [3.8, 4) is 10.7 Å². The predicted molar refractivity (Wildman–Crippen MR) is 85.4 cm³/mol. The predicted octanol–water partition coefficient (Wildman–Crippen LogP) is 3.85. The fourth-order valence-corrected chi connectivity index (χ4v) is 3.24. The number of thiophene rings is 1. The van der Waals surface area contributed by atoms with Crippen molar-refractivity contribution >= 4 is 11.3 Å². The van der Waals surface area contributed by atoms with Gasteiger partial charge in [0, 0.05) is 13.0 Å². The van der Waals surface area contributed by atoms with Crippen LogP contribution in [0.3, 0.4) is 0 Å². The minimum absolute atomic E-state index is 0.725. The van der Waals surface area contributed by atoms with E-state index in [-0.39, 0.29) is 0 Å². The van der Waals surface area contributed by atoms with E-state index in [4.69, 9.17) is 4.52 Å². The third-order valence-corrected chi connectivity index (χ3v) is 4.69. The molecule has 0 radical (unpaired) electrons. The first-order valence-corrected chi connectivity index (χ1v) is 8.82. The van der Waals surface area contributed by atoms with Crippen molar-refractivity contribution < 1.29 is 4.52 Å². The molecule has 2 aromatic rings. The lowest BCUT2D eigenvalue weighted by molar-refractivity contribution is 0.255. The molecule has 1 fully saturated rings. The van der Waals surface area contributed by atoms with Crippen molar-refractivity contribution in [2.75, 3.05) is 19.6 Å². The van der Waals surface area contributed by atoms with E-state index in [0.717, 1.165) is 41.9 Å². The minimum Gasteiger partial charge on any atom is -0.339 e. The van der Waals surface area contributed by atoms with Crippen LogP contribution in [0.25, 0.3) is 10.7 Å². The van der Waals surface area contributed by atoms with E-state index in [1.165, 1.54) is 32.4 Å². The van der Waals surface area contributed by atoms with Gasteiger partial charge in [-0.1, -0.05) is 18.1 Å². The van der Waals surface area contributed by atoms with Crippen molar-refractivity contribution in [3.05, 3.63) is 23.4 Å². The first-order chi connectivity index (χ1) is 10.3. The van der Waals surface area contributed by atoms with Gasteiger partial charge in [-0.15, -0.1) is 11.3 Å². The Morgan fingerprint density at radius 3 is 3.00 bits per heavy atom. The maximum Gasteiger partial charge on any atom is 0.227 e. The quantitative estimate of drug-likeness (QED) is 0.705. The van der Waals surface area contributed by atoms with E-state index >= 15 is 0 Å². The van der Waals surface area contributed by atoms with Gasteiger partial charge in [-0.2, -0.15) is 4.98 Å². The highest BCUT2D eigenvalue weighted by Gasteiger charge is 2.23. The van der Waals surface area contributed by atoms with Crippen LogP contribution in [0.5, 0.6) is 0 Å². The molecule has 1 aliphatic rings. The van der Waals surface area contributed by atoms with Gasteiger partial charge in [0.15, 0.2) is 0 Å². The molecular weight excluding hydrogens is 282 g/mol. The zero-order chi connectivity index (χ0) is 14.5. The maximum atomic E-state index is 5.35. The Balaban J connectivity index is 1.45. The molecule has 0 amide bonds. The molecule has 21 heavy (non-hydrogen) atoms. The Bertz CT molecular complexity index is 533. The summed E-state index contributed by atoms with van der Waals surface area (Å²) in [4.78, 5) is 8.15. The Kier molecular flexibility index (Phi) is 5.04. The van der Waals surface area contributed by atoms with E-state index in [0.29, 0.717) is 0 Å². The monoisotopic (exact) mass is 305 g/mol. The molecule has 0 spiro atoms. The molecule has 0 unspecified atom stereocenters. The van der Waals surface area contributed by atoms with Crippen molar-refractivity contribution in [1.82, 2.24) is 15.0 Å². The molecule has 0 bridgehead atoms. The average molecular weight is 305 g/mol. The Labute approximate surface area is 130 Å². The SMILES string of the molecule is CCCN(CCCc1nc(-c2cccs2)no1)CC1CC1. The van der Waals surface area contributed by atoms with Gasteiger partial charge in [0.2, 0.25) is 11.7 Å². The minimum atomic E-state index is 0.725. The Morgan fingerprint density at radius 1 is 1.38 bits per heavy atom. The van der Waals surface area contributed by atoms with Crippen LogP contribution in [0.4, 0.5) is 0 Å². The van der Waals surface area contributed by atoms with E-state index in [1.807, 2.05) is 17.5 Å². The van der Waals surface area contributed by atoms with Gasteiger partial charge in [0.1, 0.15) is 0 Å². The van der Waals surface area contributed by atoms with Gasteiger partial charge in [-0.25, -0.2) is 0 Å². The van der Waals surface area contributed by atoms with Crippen molar-refractivity contribution in [3.63, 3.8) is 0 Å². The van der Waals surface area contributed by atoms with Crippen LogP contribution < -0.4 is 0 Å². The molecule has 0 N–H and O–H groups in total. The number of aromatic nitrogens is 2. The molecule has 1 saturated carbocycles. The molecule has 2 heterocycles. The summed E-state index contributed by atoms with van der Waals surface area (Å²) in [5.74, 6) is 2.45. The molecule has 114 valence electrons. The maximum absolute atomic E-state index is 5.35. The van der Waals surface area contributed by atoms with Crippen LogP contribution in [0.1, 0.15) is 38.5 Å². The fourth-order valence-electron chi connectivity index (χ4n) is 2.59. The second-order valence-electron chi connectivity index (χ2n) is 5.84. The first kappa shape index (κ1) is 14.7. The molecule has 0 aromatic carbocycles. The van der Waals surface area contributed by atoms with Gasteiger partial charge in [0.05, 0.1) is 4.88 Å². The van der Waals surface area contributed by atoms with Crippen LogP contribution in [0, 0.1) is 5.92 Å². The Hall–Kier alpha value is -1.20. The second kappa shape index (κ2) is 7.18. The van der Waals surface area contributed by atoms with E-state index in [1.54, 1.807) is 11.3 Å². The zero-order valence-electron chi connectivity index (χ0n) is 12.6. The first-order valence-electron chi connectivity index (χ1n) is 7.94. The molecule has 3 rings (SSSR count). The summed E-state index contributed by atoms with van der Waals surface area (Å²) in [6.45, 7) is 5.88. The summed E-state index contributed by atoms with van der Waals surface area (Å²) >= 11 is 1.65. The fraction of sp³-hybridized carbons (Fsp3) is 0.625. The molecule has 0 saturated heterocycles. The highest BCUT2D eigenvalue weighted by Crippen LogP contribution is 2.29. The highest BCUT2D eigenvalue weighted by molar-refractivity contribution is 7.13. The lowest BCUT2D eigenvalue weighted by atomic mass is 10.2. The topological polar surface area (TPSA) is 42.2 Å². The molecule has 1 aliphatic carbocycles. The van der Waals surface area contributed by atoms with E-state index in [9.17, 15) is 0 Å². The smallest absolute Gasteiger partial charge is 0.227 e. The lowest BCUT2D eigenvalue weighted by Crippen LogP contribution is -2.28. The highest BCUT2D eigenvalue weighted by atomic mass is 32.1. The van der Waals surface area contributed by atoms with Crippen LogP contribution in [0.2, 0.25) is 0 Å². The number of hydrogen-bond acceptors (Lipinski definition) is 5. The van der Waals surface area contributed by atoms with E-state index in [2.05, 4.69) is 22.0 Å². The average Bonchev–Trinajstić information content (AvgIpc) is 2.95. The number of aryl methyl sites for hydroxylation is 1. The van der Waals surface area contributed by atoms with Crippen molar-refractivity contribution in [2.24, 2.45) is 5.92 Å². The van der Waals surface area contributed by atoms with Gasteiger partial charge < -0.3 is 9.42 Å². The summed E-state index contributed by atoms with van der Waals surface area (Å²) in [5, 5.41) is 6.10. The summed E-state index contributed by atoms with van der Waals surface area (Å²) in [6.07, 6.45) is 6.06. The van der Waals surface area contributed by atoms with Crippen molar-refractivity contribution in [1.29, 1.82) is 0 Å². The summed E-state index contributed by atoms with van der Waals surface area (Å²) in [6, 6.07) is 4.04. The van der Waals surface area contributed by atoms with Crippen LogP contribution >= 0.6 is 11.3 Å². The number of hydrogen-bond donors (Lipinski definition) is 0. The zero-order valence-corrected chi connectivity index (χ0v) is 13.4. The second-order valence-corrected chi connectivity index (χ2v) is 6.78. The molecule has 4 nitrogen and oxygen atoms in total. The summed E-state index contributed by atoms with van der Waals surface area (Å²) < 4.78 is 5.35. The Morgan fingerprint density at radius 2 is 2.29 bits per heavy atom. The van der Waals surface area contributed by atoms with Crippen molar-refractivity contribution in [2.45, 2.75) is 39.0 Å². The van der Waals surface area contributed by atoms with Crippen LogP contribution in [-0.2, 0) is 6.42 Å². The van der Waals surface area contributed by atoms with E-state index < -0.39 is 0 Å². The van der Waals surface area contributed by atoms with Gasteiger partial charge in [-0.3, -0.25) is 0 Å². The van der Waals surface area contributed by atoms with Gasteiger partial charge in [-0.05, 0) is 56.1 Å². The number of rotatable bonds is 9. The summed E-state index contributed by atoms with van der Waals surface area (Å²) in [7, 11) is 0. The molecule has 0 aliphatic heterocycles. The molecule has 2 aromatic heterocycles.